The first kappa shape index (κ1) is 36.5. The van der Waals surface area contributed by atoms with E-state index in [-0.39, 0.29) is 42.6 Å². The zero-order valence-electron chi connectivity index (χ0n) is 27.8. The van der Waals surface area contributed by atoms with Crippen molar-refractivity contribution < 1.29 is 29.2 Å². The van der Waals surface area contributed by atoms with E-state index < -0.39 is 6.10 Å². The van der Waals surface area contributed by atoms with E-state index in [0.717, 1.165) is 76.2 Å². The number of carbonyl (C=O) groups excluding carboxylic acids is 1. The van der Waals surface area contributed by atoms with Gasteiger partial charge in [0, 0.05) is 5.57 Å². The Bertz CT molecular complexity index is 768. The predicted molar refractivity (Wildman–Crippen MR) is 174 cm³/mol. The van der Waals surface area contributed by atoms with Crippen LogP contribution in [0.4, 0.5) is 0 Å². The Labute approximate surface area is 263 Å². The number of hydrogen-bond donors (Lipinski definition) is 2. The minimum atomic E-state index is -0.450. The van der Waals surface area contributed by atoms with Crippen LogP contribution >= 0.6 is 0 Å². The van der Waals surface area contributed by atoms with Crippen LogP contribution in [0.5, 0.6) is 0 Å². The highest BCUT2D eigenvalue weighted by molar-refractivity contribution is 5.90. The van der Waals surface area contributed by atoms with Crippen LogP contribution in [0.1, 0.15) is 174 Å². The molecule has 6 heteroatoms. The van der Waals surface area contributed by atoms with E-state index in [1.165, 1.54) is 89.9 Å². The number of aliphatic hydroxyl groups is 2. The van der Waals surface area contributed by atoms with Gasteiger partial charge in [-0.25, -0.2) is 4.79 Å². The van der Waals surface area contributed by atoms with E-state index in [1.54, 1.807) is 0 Å². The van der Waals surface area contributed by atoms with Crippen molar-refractivity contribution in [3.05, 3.63) is 11.6 Å². The van der Waals surface area contributed by atoms with Crippen molar-refractivity contribution in [3.63, 3.8) is 0 Å². The van der Waals surface area contributed by atoms with Crippen LogP contribution in [0.3, 0.4) is 0 Å². The lowest BCUT2D eigenvalue weighted by Crippen LogP contribution is -2.33. The average molecular weight is 607 g/mol. The molecule has 3 aliphatic rings. The lowest BCUT2D eigenvalue weighted by Gasteiger charge is -2.24. The predicted octanol–water partition coefficient (Wildman–Crippen LogP) is 8.89. The van der Waals surface area contributed by atoms with Gasteiger partial charge in [0.15, 0.2) is 0 Å². The fourth-order valence-corrected chi connectivity index (χ4v) is 7.25. The summed E-state index contributed by atoms with van der Waals surface area (Å²) in [5, 5.41) is 21.5. The SMILES string of the molecule is CCCCCCCCCCCCCCCCC[C@@H](O)[C@H]1CC[C@H]([C@H]2CC[C@H]([C@H](O)CCCCCC3=C[C@H](C)OC3=O)O2)O1. The minimum absolute atomic E-state index is 0.0324. The third-order valence-electron chi connectivity index (χ3n) is 9.98. The molecular weight excluding hydrogens is 540 g/mol. The lowest BCUT2D eigenvalue weighted by molar-refractivity contribution is -0.139. The first-order valence-electron chi connectivity index (χ1n) is 18.6. The fraction of sp³-hybridized carbons (Fsp3) is 0.919. The first-order valence-corrected chi connectivity index (χ1v) is 18.6. The molecule has 2 N–H and O–H groups in total. The molecule has 0 radical (unpaired) electrons. The second-order valence-electron chi connectivity index (χ2n) is 13.9. The van der Waals surface area contributed by atoms with Crippen LogP contribution < -0.4 is 0 Å². The standard InChI is InChI=1S/C37H66O6/c1-3-4-5-6-7-8-9-10-11-12-13-14-15-16-19-22-31(38)33-24-26-35(42-33)36-27-25-34(43-36)32(39)23-20-17-18-21-30-28-29(2)41-37(30)40/h28-29,31-36,38-39H,3-27H2,1-2H3/t29-,31+,32+,33+,34+,35+,36+/m0/s1. The Hall–Kier alpha value is -0.950. The van der Waals surface area contributed by atoms with Crippen molar-refractivity contribution in [2.24, 2.45) is 0 Å². The highest BCUT2D eigenvalue weighted by Gasteiger charge is 2.40. The Balaban J connectivity index is 1.13. The summed E-state index contributed by atoms with van der Waals surface area (Å²) in [5.41, 5.74) is 0.796. The van der Waals surface area contributed by atoms with Gasteiger partial charge in [0.05, 0.1) is 36.6 Å². The molecule has 7 atom stereocenters. The van der Waals surface area contributed by atoms with Crippen molar-refractivity contribution >= 4 is 5.97 Å². The Morgan fingerprint density at radius 3 is 1.49 bits per heavy atom. The van der Waals surface area contributed by atoms with Gasteiger partial charge in [-0.05, 0) is 64.4 Å². The van der Waals surface area contributed by atoms with Gasteiger partial charge in [-0.2, -0.15) is 0 Å². The molecule has 0 spiro atoms. The molecule has 250 valence electrons. The number of unbranched alkanes of at least 4 members (excludes halogenated alkanes) is 16. The van der Waals surface area contributed by atoms with Crippen LogP contribution in [-0.2, 0) is 19.0 Å². The van der Waals surface area contributed by atoms with Crippen LogP contribution in [-0.4, -0.2) is 58.9 Å². The number of ether oxygens (including phenoxy) is 3. The smallest absolute Gasteiger partial charge is 0.334 e. The van der Waals surface area contributed by atoms with Crippen LogP contribution in [0.2, 0.25) is 0 Å². The highest BCUT2D eigenvalue weighted by Crippen LogP contribution is 2.34. The van der Waals surface area contributed by atoms with Crippen molar-refractivity contribution in [1.29, 1.82) is 0 Å². The monoisotopic (exact) mass is 606 g/mol. The topological polar surface area (TPSA) is 85.2 Å². The summed E-state index contributed by atoms with van der Waals surface area (Å²) in [4.78, 5) is 11.7. The van der Waals surface area contributed by atoms with Gasteiger partial charge in [-0.1, -0.05) is 116 Å². The summed E-state index contributed by atoms with van der Waals surface area (Å²) >= 11 is 0. The second kappa shape index (κ2) is 21.7. The van der Waals surface area contributed by atoms with Gasteiger partial charge in [0.25, 0.3) is 0 Å². The molecule has 2 fully saturated rings. The Morgan fingerprint density at radius 1 is 0.651 bits per heavy atom. The minimum Gasteiger partial charge on any atom is -0.455 e. The molecule has 0 aliphatic carbocycles. The van der Waals surface area contributed by atoms with Gasteiger partial charge >= 0.3 is 5.97 Å². The maximum absolute atomic E-state index is 11.7. The molecule has 3 heterocycles. The summed E-state index contributed by atoms with van der Waals surface area (Å²) in [5.74, 6) is -0.174. The number of cyclic esters (lactones) is 1. The number of rotatable bonds is 25. The lowest BCUT2D eigenvalue weighted by atomic mass is 10.00. The Morgan fingerprint density at radius 2 is 1.07 bits per heavy atom. The van der Waals surface area contributed by atoms with Crippen molar-refractivity contribution in [2.75, 3.05) is 0 Å². The molecule has 3 rings (SSSR count). The van der Waals surface area contributed by atoms with E-state index in [2.05, 4.69) is 6.92 Å². The first-order chi connectivity index (χ1) is 21.0. The van der Waals surface area contributed by atoms with E-state index in [0.29, 0.717) is 0 Å². The van der Waals surface area contributed by atoms with Crippen molar-refractivity contribution in [3.8, 4) is 0 Å². The zero-order valence-corrected chi connectivity index (χ0v) is 27.8. The van der Waals surface area contributed by atoms with Gasteiger partial charge in [0.2, 0.25) is 0 Å². The largest absolute Gasteiger partial charge is 0.455 e. The normalized spacial score (nSPS) is 27.0. The summed E-state index contributed by atoms with van der Waals surface area (Å²) in [6.07, 6.45) is 30.0. The summed E-state index contributed by atoms with van der Waals surface area (Å²) in [6.45, 7) is 4.17. The van der Waals surface area contributed by atoms with Gasteiger partial charge in [0.1, 0.15) is 6.10 Å². The number of aliphatic hydroxyl groups excluding tert-OH is 2. The summed E-state index contributed by atoms with van der Waals surface area (Å²) in [7, 11) is 0. The number of esters is 1. The maximum Gasteiger partial charge on any atom is 0.334 e. The molecule has 0 unspecified atom stereocenters. The molecular formula is C37H66O6. The van der Waals surface area contributed by atoms with E-state index >= 15 is 0 Å². The molecule has 3 aliphatic heterocycles. The van der Waals surface area contributed by atoms with Crippen LogP contribution in [0.15, 0.2) is 11.6 Å². The molecule has 0 saturated carbocycles. The molecule has 0 bridgehead atoms. The average Bonchev–Trinajstić information content (AvgIpc) is 3.75. The van der Waals surface area contributed by atoms with Crippen LogP contribution in [0.25, 0.3) is 0 Å². The molecule has 6 nitrogen and oxygen atoms in total. The van der Waals surface area contributed by atoms with Gasteiger partial charge in [-0.3, -0.25) is 0 Å². The third-order valence-corrected chi connectivity index (χ3v) is 9.98. The van der Waals surface area contributed by atoms with Gasteiger partial charge < -0.3 is 24.4 Å². The zero-order chi connectivity index (χ0) is 30.7. The molecule has 2 saturated heterocycles. The maximum atomic E-state index is 11.7. The second-order valence-corrected chi connectivity index (χ2v) is 13.9. The molecule has 0 aromatic heterocycles. The van der Waals surface area contributed by atoms with Crippen molar-refractivity contribution in [2.45, 2.75) is 217 Å². The van der Waals surface area contributed by atoms with Crippen LogP contribution in [0, 0.1) is 0 Å². The van der Waals surface area contributed by atoms with E-state index in [4.69, 9.17) is 14.2 Å². The van der Waals surface area contributed by atoms with E-state index in [1.807, 2.05) is 13.0 Å². The summed E-state index contributed by atoms with van der Waals surface area (Å²) in [6, 6.07) is 0. The van der Waals surface area contributed by atoms with Crippen molar-refractivity contribution in [1.82, 2.24) is 0 Å². The number of hydrogen-bond acceptors (Lipinski definition) is 6. The highest BCUT2D eigenvalue weighted by atomic mass is 16.6. The van der Waals surface area contributed by atoms with E-state index in [9.17, 15) is 15.0 Å². The third kappa shape index (κ3) is 14.3. The summed E-state index contributed by atoms with van der Waals surface area (Å²) < 4.78 is 17.7. The quantitative estimate of drug-likeness (QED) is 0.0797. The molecule has 0 aromatic rings. The molecule has 43 heavy (non-hydrogen) atoms. The number of carbonyl (C=O) groups is 1. The Kier molecular flexibility index (Phi) is 18.5. The molecule has 0 amide bonds. The van der Waals surface area contributed by atoms with Gasteiger partial charge in [-0.15, -0.1) is 0 Å². The fourth-order valence-electron chi connectivity index (χ4n) is 7.25. The molecule has 0 aromatic carbocycles.